The highest BCUT2D eigenvalue weighted by atomic mass is 19.4. The molecule has 0 aliphatic carbocycles. The van der Waals surface area contributed by atoms with Crippen LogP contribution in [0.1, 0.15) is 51.7 Å². The fourth-order valence-corrected chi connectivity index (χ4v) is 1.83. The van der Waals surface area contributed by atoms with Crippen LogP contribution in [-0.2, 0) is 12.6 Å². The lowest BCUT2D eigenvalue weighted by Crippen LogP contribution is -2.05. The van der Waals surface area contributed by atoms with Gasteiger partial charge in [-0.1, -0.05) is 52.7 Å². The van der Waals surface area contributed by atoms with E-state index in [9.17, 15) is 13.2 Å². The van der Waals surface area contributed by atoms with Crippen molar-refractivity contribution in [3.8, 4) is 0 Å². The zero-order valence-corrected chi connectivity index (χ0v) is 11.6. The summed E-state index contributed by atoms with van der Waals surface area (Å²) < 4.78 is 36.9. The third kappa shape index (κ3) is 6.08. The summed E-state index contributed by atoms with van der Waals surface area (Å²) in [6.45, 7) is 8.24. The van der Waals surface area contributed by atoms with E-state index in [1.807, 2.05) is 13.8 Å². The van der Waals surface area contributed by atoms with E-state index in [1.54, 1.807) is 12.1 Å². The standard InChI is InChI=1S/C13H17F3.C2H6/c1-3-4-10(2)9-11-5-7-12(8-6-11)13(14,15)16;1-2/h5-8,10H,3-4,9H2,1-2H3;1-2H3. The minimum Gasteiger partial charge on any atom is -0.166 e. The molecule has 0 aliphatic rings. The lowest BCUT2D eigenvalue weighted by molar-refractivity contribution is -0.137. The van der Waals surface area contributed by atoms with Crippen LogP contribution in [0, 0.1) is 5.92 Å². The summed E-state index contributed by atoms with van der Waals surface area (Å²) in [5.41, 5.74) is 0.411. The largest absolute Gasteiger partial charge is 0.416 e. The SMILES string of the molecule is CC.CCCC(C)Cc1ccc(C(F)(F)F)cc1. The van der Waals surface area contributed by atoms with E-state index in [0.29, 0.717) is 5.92 Å². The molecule has 1 unspecified atom stereocenters. The predicted molar refractivity (Wildman–Crippen MR) is 70.6 cm³/mol. The Morgan fingerprint density at radius 2 is 1.56 bits per heavy atom. The molecule has 0 saturated heterocycles. The van der Waals surface area contributed by atoms with Gasteiger partial charge in [0.25, 0.3) is 0 Å². The van der Waals surface area contributed by atoms with Crippen molar-refractivity contribution in [3.63, 3.8) is 0 Å². The number of rotatable bonds is 4. The molecule has 0 aromatic heterocycles. The zero-order valence-electron chi connectivity index (χ0n) is 11.6. The summed E-state index contributed by atoms with van der Waals surface area (Å²) >= 11 is 0. The van der Waals surface area contributed by atoms with Gasteiger partial charge in [0.1, 0.15) is 0 Å². The van der Waals surface area contributed by atoms with Crippen LogP contribution in [0.15, 0.2) is 24.3 Å². The third-order valence-corrected chi connectivity index (χ3v) is 2.65. The van der Waals surface area contributed by atoms with E-state index in [2.05, 4.69) is 13.8 Å². The van der Waals surface area contributed by atoms with Crippen LogP contribution in [0.3, 0.4) is 0 Å². The van der Waals surface area contributed by atoms with Gasteiger partial charge < -0.3 is 0 Å². The topological polar surface area (TPSA) is 0 Å². The molecule has 1 aromatic carbocycles. The maximum atomic E-state index is 12.3. The fourth-order valence-electron chi connectivity index (χ4n) is 1.83. The van der Waals surface area contributed by atoms with E-state index in [4.69, 9.17) is 0 Å². The van der Waals surface area contributed by atoms with Crippen molar-refractivity contribution in [2.75, 3.05) is 0 Å². The Balaban J connectivity index is 0.00000137. The summed E-state index contributed by atoms with van der Waals surface area (Å²) in [5.74, 6) is 0.529. The summed E-state index contributed by atoms with van der Waals surface area (Å²) in [5, 5.41) is 0. The van der Waals surface area contributed by atoms with Gasteiger partial charge in [-0.25, -0.2) is 0 Å². The van der Waals surface area contributed by atoms with Crippen LogP contribution < -0.4 is 0 Å². The molecule has 0 radical (unpaired) electrons. The van der Waals surface area contributed by atoms with Crippen molar-refractivity contribution in [2.45, 2.75) is 53.1 Å². The third-order valence-electron chi connectivity index (χ3n) is 2.65. The molecule has 0 saturated carbocycles. The summed E-state index contributed by atoms with van der Waals surface area (Å²) in [7, 11) is 0. The molecule has 18 heavy (non-hydrogen) atoms. The van der Waals surface area contributed by atoms with Crippen LogP contribution in [0.2, 0.25) is 0 Å². The van der Waals surface area contributed by atoms with Crippen molar-refractivity contribution >= 4 is 0 Å². The van der Waals surface area contributed by atoms with Gasteiger partial charge in [-0.2, -0.15) is 13.2 Å². The van der Waals surface area contributed by atoms with Crippen LogP contribution in [0.25, 0.3) is 0 Å². The number of hydrogen-bond acceptors (Lipinski definition) is 0. The van der Waals surface area contributed by atoms with Crippen LogP contribution in [-0.4, -0.2) is 0 Å². The van der Waals surface area contributed by atoms with E-state index < -0.39 is 11.7 Å². The van der Waals surface area contributed by atoms with E-state index in [0.717, 1.165) is 37.0 Å². The monoisotopic (exact) mass is 260 g/mol. The molecule has 0 N–H and O–H groups in total. The van der Waals surface area contributed by atoms with Gasteiger partial charge in [-0.05, 0) is 30.0 Å². The normalized spacial score (nSPS) is 12.6. The van der Waals surface area contributed by atoms with Gasteiger partial charge >= 0.3 is 6.18 Å². The molecule has 0 bridgehead atoms. The first-order chi connectivity index (χ1) is 8.43. The highest BCUT2D eigenvalue weighted by Gasteiger charge is 2.29. The number of benzene rings is 1. The summed E-state index contributed by atoms with van der Waals surface area (Å²) in [6, 6.07) is 5.48. The molecule has 1 atom stereocenters. The zero-order chi connectivity index (χ0) is 14.2. The molecule has 3 heteroatoms. The molecule has 0 amide bonds. The summed E-state index contributed by atoms with van der Waals surface area (Å²) in [6.07, 6.45) is -1.15. The molecule has 0 aliphatic heterocycles. The van der Waals surface area contributed by atoms with E-state index in [1.165, 1.54) is 0 Å². The summed E-state index contributed by atoms with van der Waals surface area (Å²) in [4.78, 5) is 0. The lowest BCUT2D eigenvalue weighted by atomic mass is 9.96. The van der Waals surface area contributed by atoms with Crippen molar-refractivity contribution in [2.24, 2.45) is 5.92 Å². The van der Waals surface area contributed by atoms with Gasteiger partial charge in [0.05, 0.1) is 5.56 Å². The maximum Gasteiger partial charge on any atom is 0.416 e. The molecule has 0 heterocycles. The number of alkyl halides is 3. The molecule has 1 aromatic rings. The van der Waals surface area contributed by atoms with Crippen LogP contribution in [0.4, 0.5) is 13.2 Å². The second kappa shape index (κ2) is 8.17. The number of hydrogen-bond donors (Lipinski definition) is 0. The lowest BCUT2D eigenvalue weighted by Gasteiger charge is -2.11. The molecule has 0 nitrogen and oxygen atoms in total. The Morgan fingerprint density at radius 1 is 1.06 bits per heavy atom. The maximum absolute atomic E-state index is 12.3. The minimum atomic E-state index is -4.23. The molecule has 1 rings (SSSR count). The van der Waals surface area contributed by atoms with E-state index >= 15 is 0 Å². The van der Waals surface area contributed by atoms with Crippen molar-refractivity contribution in [3.05, 3.63) is 35.4 Å². The second-order valence-electron chi connectivity index (χ2n) is 4.29. The van der Waals surface area contributed by atoms with Gasteiger partial charge in [0, 0.05) is 0 Å². The second-order valence-corrected chi connectivity index (χ2v) is 4.29. The van der Waals surface area contributed by atoms with E-state index in [-0.39, 0.29) is 0 Å². The van der Waals surface area contributed by atoms with Crippen molar-refractivity contribution in [1.82, 2.24) is 0 Å². The van der Waals surface area contributed by atoms with Crippen LogP contribution in [0.5, 0.6) is 0 Å². The molecule has 0 fully saturated rings. The highest BCUT2D eigenvalue weighted by Crippen LogP contribution is 2.29. The Hall–Kier alpha value is -0.990. The first-order valence-corrected chi connectivity index (χ1v) is 6.59. The quantitative estimate of drug-likeness (QED) is 0.650. The Labute approximate surface area is 108 Å². The van der Waals surface area contributed by atoms with Gasteiger partial charge in [0.2, 0.25) is 0 Å². The smallest absolute Gasteiger partial charge is 0.166 e. The average Bonchev–Trinajstić information content (AvgIpc) is 2.31. The van der Waals surface area contributed by atoms with Gasteiger partial charge in [0.15, 0.2) is 0 Å². The van der Waals surface area contributed by atoms with Gasteiger partial charge in [-0.15, -0.1) is 0 Å². The highest BCUT2D eigenvalue weighted by molar-refractivity contribution is 5.24. The minimum absolute atomic E-state index is 0.529. The molecular weight excluding hydrogens is 237 g/mol. The molecular formula is C15H23F3. The Morgan fingerprint density at radius 3 is 1.94 bits per heavy atom. The molecule has 0 spiro atoms. The first kappa shape index (κ1) is 17.0. The van der Waals surface area contributed by atoms with Crippen LogP contribution >= 0.6 is 0 Å². The Bertz CT molecular complexity index is 312. The number of halogens is 3. The van der Waals surface area contributed by atoms with Gasteiger partial charge in [-0.3, -0.25) is 0 Å². The van der Waals surface area contributed by atoms with Crippen molar-refractivity contribution in [1.29, 1.82) is 0 Å². The molecule has 104 valence electrons. The first-order valence-electron chi connectivity index (χ1n) is 6.59. The predicted octanol–water partition coefficient (Wildman–Crippen LogP) is 5.71. The average molecular weight is 260 g/mol. The van der Waals surface area contributed by atoms with Crippen molar-refractivity contribution < 1.29 is 13.2 Å². The Kier molecular flexibility index (Phi) is 7.72. The fraction of sp³-hybridized carbons (Fsp3) is 0.600.